The van der Waals surface area contributed by atoms with E-state index in [0.29, 0.717) is 18.8 Å². The molecule has 1 atom stereocenters. The predicted molar refractivity (Wildman–Crippen MR) is 162 cm³/mol. The lowest BCUT2D eigenvalue weighted by molar-refractivity contribution is -0.121. The van der Waals surface area contributed by atoms with E-state index in [1.165, 1.54) is 5.39 Å². The molecule has 0 unspecified atom stereocenters. The fourth-order valence-corrected chi connectivity index (χ4v) is 5.18. The summed E-state index contributed by atoms with van der Waals surface area (Å²) in [6.07, 6.45) is 4.30. The van der Waals surface area contributed by atoms with Crippen molar-refractivity contribution < 1.29 is 14.3 Å². The van der Waals surface area contributed by atoms with Gasteiger partial charge in [-0.25, -0.2) is 9.78 Å². The standard InChI is InChI=1S/C32H36N6O3/c1-20-25(26-17-24(41-3)13-14-27(26)36-20)18-30(39)37-28(10-6-7-15-34-32(40)33-2)31-35-19-29(38-31)23-12-11-21-8-4-5-9-22(21)16-23/h4-5,8-9,11-14,16-17,19,28,36H,6-7,10,15,18H2,1-3H3,(H,35,38)(H,37,39)(H2,33,34,40)/t28-/m0/s1. The number of carbonyl (C=O) groups excluding carboxylic acids is 2. The van der Waals surface area contributed by atoms with Crippen LogP contribution in [0.3, 0.4) is 0 Å². The summed E-state index contributed by atoms with van der Waals surface area (Å²) in [4.78, 5) is 36.4. The lowest BCUT2D eigenvalue weighted by atomic mass is 10.0. The molecule has 5 rings (SSSR count). The molecular formula is C32H36N6O3. The van der Waals surface area contributed by atoms with Crippen LogP contribution in [0.4, 0.5) is 4.79 Å². The number of urea groups is 1. The van der Waals surface area contributed by atoms with Crippen molar-refractivity contribution in [3.63, 3.8) is 0 Å². The third-order valence-corrected chi connectivity index (χ3v) is 7.42. The first kappa shape index (κ1) is 27.8. The molecule has 0 fully saturated rings. The van der Waals surface area contributed by atoms with Gasteiger partial charge in [0.1, 0.15) is 11.6 Å². The van der Waals surface area contributed by atoms with Gasteiger partial charge in [-0.2, -0.15) is 0 Å². The monoisotopic (exact) mass is 552 g/mol. The predicted octanol–water partition coefficient (Wildman–Crippen LogP) is 5.53. The summed E-state index contributed by atoms with van der Waals surface area (Å²) < 4.78 is 5.41. The number of nitrogens with one attached hydrogen (secondary N) is 5. The van der Waals surface area contributed by atoms with Crippen LogP contribution in [0.15, 0.2) is 66.9 Å². The van der Waals surface area contributed by atoms with Gasteiger partial charge in [-0.05, 0) is 66.8 Å². The van der Waals surface area contributed by atoms with Crippen molar-refractivity contribution in [3.8, 4) is 17.0 Å². The van der Waals surface area contributed by atoms with E-state index >= 15 is 0 Å². The van der Waals surface area contributed by atoms with Crippen LogP contribution in [0, 0.1) is 6.92 Å². The largest absolute Gasteiger partial charge is 0.497 e. The van der Waals surface area contributed by atoms with Crippen molar-refractivity contribution in [2.75, 3.05) is 20.7 Å². The number of amides is 3. The first-order chi connectivity index (χ1) is 19.9. The smallest absolute Gasteiger partial charge is 0.314 e. The lowest BCUT2D eigenvalue weighted by Gasteiger charge is -2.17. The highest BCUT2D eigenvalue weighted by Gasteiger charge is 2.20. The molecule has 0 bridgehead atoms. The second-order valence-corrected chi connectivity index (χ2v) is 10.2. The zero-order chi connectivity index (χ0) is 28.8. The minimum absolute atomic E-state index is 0.0889. The van der Waals surface area contributed by atoms with Crippen LogP contribution in [-0.4, -0.2) is 47.6 Å². The molecule has 9 nitrogen and oxygen atoms in total. The molecule has 0 aliphatic carbocycles. The summed E-state index contributed by atoms with van der Waals surface area (Å²) in [5, 5.41) is 11.9. The van der Waals surface area contributed by atoms with E-state index in [1.807, 2.05) is 43.5 Å². The summed E-state index contributed by atoms with van der Waals surface area (Å²) in [7, 11) is 3.23. The summed E-state index contributed by atoms with van der Waals surface area (Å²) in [5.74, 6) is 1.37. The number of fused-ring (bicyclic) bond motifs is 2. The highest BCUT2D eigenvalue weighted by atomic mass is 16.5. The molecule has 9 heteroatoms. The minimum atomic E-state index is -0.309. The summed E-state index contributed by atoms with van der Waals surface area (Å²) in [5.41, 5.74) is 4.80. The Morgan fingerprint density at radius 1 is 1.00 bits per heavy atom. The minimum Gasteiger partial charge on any atom is -0.497 e. The van der Waals surface area contributed by atoms with Gasteiger partial charge in [0.2, 0.25) is 5.91 Å². The number of imidazole rings is 1. The number of nitrogens with zero attached hydrogens (tertiary/aromatic N) is 1. The first-order valence-corrected chi connectivity index (χ1v) is 13.9. The fraction of sp³-hybridized carbons (Fsp3) is 0.281. The number of carbonyl (C=O) groups is 2. The molecule has 0 radical (unpaired) electrons. The highest BCUT2D eigenvalue weighted by molar-refractivity contribution is 5.91. The van der Waals surface area contributed by atoms with Crippen molar-refractivity contribution in [1.29, 1.82) is 0 Å². The number of aryl methyl sites for hydroxylation is 1. The van der Waals surface area contributed by atoms with Crippen LogP contribution < -0.4 is 20.7 Å². The quantitative estimate of drug-likeness (QED) is 0.138. The second-order valence-electron chi connectivity index (χ2n) is 10.2. The van der Waals surface area contributed by atoms with Crippen molar-refractivity contribution in [3.05, 3.63) is 83.9 Å². The Labute approximate surface area is 239 Å². The molecule has 0 aliphatic rings. The number of aromatic amines is 2. The van der Waals surface area contributed by atoms with Gasteiger partial charge in [-0.3, -0.25) is 4.79 Å². The van der Waals surface area contributed by atoms with Crippen molar-refractivity contribution in [2.24, 2.45) is 0 Å². The maximum atomic E-state index is 13.4. The van der Waals surface area contributed by atoms with Crippen LogP contribution in [0.1, 0.15) is 42.4 Å². The molecule has 41 heavy (non-hydrogen) atoms. The topological polar surface area (TPSA) is 124 Å². The van der Waals surface area contributed by atoms with E-state index in [9.17, 15) is 9.59 Å². The maximum absolute atomic E-state index is 13.4. The summed E-state index contributed by atoms with van der Waals surface area (Å²) >= 11 is 0. The van der Waals surface area contributed by atoms with Crippen LogP contribution in [0.5, 0.6) is 5.75 Å². The van der Waals surface area contributed by atoms with Crippen molar-refractivity contribution in [1.82, 2.24) is 30.9 Å². The Hall–Kier alpha value is -4.79. The first-order valence-electron chi connectivity index (χ1n) is 13.9. The Bertz CT molecular complexity index is 1670. The summed E-state index contributed by atoms with van der Waals surface area (Å²) in [6.45, 7) is 2.53. The number of rotatable bonds is 11. The number of ether oxygens (including phenoxy) is 1. The molecule has 3 amide bonds. The van der Waals surface area contributed by atoms with E-state index < -0.39 is 0 Å². The molecule has 5 N–H and O–H groups in total. The van der Waals surface area contributed by atoms with Gasteiger partial charge in [0.05, 0.1) is 31.5 Å². The fourth-order valence-electron chi connectivity index (χ4n) is 5.18. The number of aromatic nitrogens is 3. The Morgan fingerprint density at radius 3 is 2.63 bits per heavy atom. The number of unbranched alkanes of at least 4 members (excludes halogenated alkanes) is 1. The Morgan fingerprint density at radius 2 is 1.83 bits per heavy atom. The van der Waals surface area contributed by atoms with Crippen LogP contribution >= 0.6 is 0 Å². The van der Waals surface area contributed by atoms with Crippen LogP contribution in [0.25, 0.3) is 32.9 Å². The van der Waals surface area contributed by atoms with E-state index in [-0.39, 0.29) is 24.4 Å². The van der Waals surface area contributed by atoms with E-state index in [2.05, 4.69) is 61.2 Å². The highest BCUT2D eigenvalue weighted by Crippen LogP contribution is 2.28. The van der Waals surface area contributed by atoms with Gasteiger partial charge in [-0.1, -0.05) is 36.4 Å². The van der Waals surface area contributed by atoms with Crippen molar-refractivity contribution >= 4 is 33.6 Å². The SMILES string of the molecule is CNC(=O)NCCCC[C@H](NC(=O)Cc1c(C)[nH]c2ccc(OC)cc12)c1ncc(-c2ccc3ccccc3c2)[nH]1. The molecule has 0 saturated heterocycles. The van der Waals surface area contributed by atoms with Gasteiger partial charge in [0.15, 0.2) is 0 Å². The molecule has 2 aromatic heterocycles. The molecule has 2 heterocycles. The number of hydrogen-bond acceptors (Lipinski definition) is 4. The Kier molecular flexibility index (Phi) is 8.53. The van der Waals surface area contributed by atoms with Gasteiger partial charge < -0.3 is 30.7 Å². The third kappa shape index (κ3) is 6.51. The molecule has 5 aromatic rings. The zero-order valence-corrected chi connectivity index (χ0v) is 23.6. The van der Waals surface area contributed by atoms with Gasteiger partial charge >= 0.3 is 6.03 Å². The normalized spacial score (nSPS) is 11.9. The van der Waals surface area contributed by atoms with Crippen LogP contribution in [-0.2, 0) is 11.2 Å². The number of H-pyrrole nitrogens is 2. The van der Waals surface area contributed by atoms with E-state index in [1.54, 1.807) is 14.2 Å². The average Bonchev–Trinajstić information content (AvgIpc) is 3.60. The molecule has 0 spiro atoms. The molecule has 0 saturated carbocycles. The second kappa shape index (κ2) is 12.6. The molecular weight excluding hydrogens is 516 g/mol. The van der Waals surface area contributed by atoms with E-state index in [0.717, 1.165) is 57.4 Å². The van der Waals surface area contributed by atoms with Gasteiger partial charge in [-0.15, -0.1) is 0 Å². The van der Waals surface area contributed by atoms with Crippen molar-refractivity contribution in [2.45, 2.75) is 38.6 Å². The van der Waals surface area contributed by atoms with Gasteiger partial charge in [0.25, 0.3) is 0 Å². The molecule has 212 valence electrons. The third-order valence-electron chi connectivity index (χ3n) is 7.42. The van der Waals surface area contributed by atoms with Crippen LogP contribution in [0.2, 0.25) is 0 Å². The molecule has 3 aromatic carbocycles. The average molecular weight is 553 g/mol. The number of benzene rings is 3. The molecule has 0 aliphatic heterocycles. The summed E-state index contributed by atoms with van der Waals surface area (Å²) in [6, 6.07) is 19.9. The zero-order valence-electron chi connectivity index (χ0n) is 23.6. The Balaban J connectivity index is 1.34. The lowest BCUT2D eigenvalue weighted by Crippen LogP contribution is -2.33. The van der Waals surface area contributed by atoms with Gasteiger partial charge in [0, 0.05) is 35.8 Å². The van der Waals surface area contributed by atoms with E-state index in [4.69, 9.17) is 4.74 Å². The maximum Gasteiger partial charge on any atom is 0.314 e. The number of methoxy groups -OCH3 is 1. The number of hydrogen-bond donors (Lipinski definition) is 5.